The van der Waals surface area contributed by atoms with Gasteiger partial charge in [0.2, 0.25) is 11.7 Å². The quantitative estimate of drug-likeness (QED) is 0.506. The number of hydrogen-bond donors (Lipinski definition) is 2. The predicted molar refractivity (Wildman–Crippen MR) is 127 cm³/mol. The van der Waals surface area contributed by atoms with Crippen LogP contribution < -0.4 is 20.4 Å². The summed E-state index contributed by atoms with van der Waals surface area (Å²) in [6, 6.07) is 3.44. The van der Waals surface area contributed by atoms with Gasteiger partial charge < -0.3 is 34.4 Å². The van der Waals surface area contributed by atoms with E-state index in [1.165, 1.54) is 22.1 Å². The first-order valence-corrected chi connectivity index (χ1v) is 11.9. The largest absolute Gasteiger partial charge is 0.450 e. The minimum absolute atomic E-state index is 0.0166. The smallest absolute Gasteiger partial charge is 0.414 e. The molecular weight excluding hydrogens is 510 g/mol. The molecule has 1 aromatic heterocycles. The Labute approximate surface area is 215 Å². The van der Waals surface area contributed by atoms with Crippen molar-refractivity contribution >= 4 is 35.4 Å². The van der Waals surface area contributed by atoms with Crippen molar-refractivity contribution in [3.05, 3.63) is 41.8 Å². The molecule has 38 heavy (non-hydrogen) atoms. The van der Waals surface area contributed by atoms with Crippen LogP contribution in [0.15, 0.2) is 28.9 Å². The summed E-state index contributed by atoms with van der Waals surface area (Å²) in [6.45, 7) is 2.21. The van der Waals surface area contributed by atoms with Crippen molar-refractivity contribution in [2.24, 2.45) is 0 Å². The number of piperazine rings is 1. The number of cyclic esters (lactones) is 1. The maximum Gasteiger partial charge on any atom is 0.414 e. The van der Waals surface area contributed by atoms with Gasteiger partial charge in [-0.3, -0.25) is 14.5 Å². The van der Waals surface area contributed by atoms with Gasteiger partial charge in [-0.1, -0.05) is 5.16 Å². The van der Waals surface area contributed by atoms with E-state index in [1.807, 2.05) is 0 Å². The van der Waals surface area contributed by atoms with Crippen LogP contribution in [0.3, 0.4) is 0 Å². The van der Waals surface area contributed by atoms with Gasteiger partial charge in [-0.15, -0.1) is 0 Å². The zero-order valence-electron chi connectivity index (χ0n) is 20.4. The Morgan fingerprint density at radius 3 is 2.47 bits per heavy atom. The van der Waals surface area contributed by atoms with Crippen molar-refractivity contribution in [3.63, 3.8) is 0 Å². The molecule has 2 aromatic rings. The molecule has 0 aliphatic carbocycles. The summed E-state index contributed by atoms with van der Waals surface area (Å²) in [6.07, 6.45) is -0.875. The Balaban J connectivity index is 1.31. The molecule has 0 spiro atoms. The average molecular weight is 536 g/mol. The van der Waals surface area contributed by atoms with Gasteiger partial charge in [0.15, 0.2) is 11.6 Å². The van der Waals surface area contributed by atoms with Gasteiger partial charge >= 0.3 is 12.2 Å². The van der Waals surface area contributed by atoms with Crippen LogP contribution in [0.1, 0.15) is 17.5 Å². The van der Waals surface area contributed by atoms with Crippen molar-refractivity contribution in [3.8, 4) is 0 Å². The number of nitrogens with zero attached hydrogens (tertiary/aromatic N) is 4. The molecule has 3 heterocycles. The first-order chi connectivity index (χ1) is 18.3. The molecule has 204 valence electrons. The lowest BCUT2D eigenvalue weighted by Gasteiger charge is -2.36. The molecule has 0 saturated carbocycles. The number of aromatic nitrogens is 1. The number of ether oxygens (including phenoxy) is 2. The van der Waals surface area contributed by atoms with Crippen molar-refractivity contribution in [2.45, 2.75) is 13.0 Å². The molecular formula is C23H26F2N6O7. The third-order valence-corrected chi connectivity index (χ3v) is 5.95. The SMILES string of the molecule is CCOC(=O)NCC1CN(c2cc(F)c(N3CCN(C(=O)CNC(=O)c4ccno4)CC3)c(F)c2)C(=O)O1. The van der Waals surface area contributed by atoms with Crippen molar-refractivity contribution < 1.29 is 42.0 Å². The Kier molecular flexibility index (Phi) is 8.23. The number of hydrogen-bond acceptors (Lipinski definition) is 9. The second-order valence-corrected chi connectivity index (χ2v) is 8.40. The van der Waals surface area contributed by atoms with E-state index in [1.54, 1.807) is 6.92 Å². The predicted octanol–water partition coefficient (Wildman–Crippen LogP) is 1.10. The first kappa shape index (κ1) is 26.6. The normalized spacial score (nSPS) is 17.3. The van der Waals surface area contributed by atoms with Gasteiger partial charge in [-0.05, 0) is 6.92 Å². The van der Waals surface area contributed by atoms with Gasteiger partial charge in [-0.25, -0.2) is 18.4 Å². The minimum atomic E-state index is -0.875. The number of alkyl carbamates (subject to hydrolysis) is 1. The summed E-state index contributed by atoms with van der Waals surface area (Å²) in [4.78, 5) is 52.0. The summed E-state index contributed by atoms with van der Waals surface area (Å²) in [5, 5.41) is 8.31. The summed E-state index contributed by atoms with van der Waals surface area (Å²) < 4.78 is 44.7. The molecule has 2 aliphatic rings. The molecule has 4 rings (SSSR count). The Morgan fingerprint density at radius 1 is 1.13 bits per heavy atom. The van der Waals surface area contributed by atoms with E-state index in [-0.39, 0.29) is 75.5 Å². The molecule has 2 fully saturated rings. The van der Waals surface area contributed by atoms with Crippen LogP contribution in [0.4, 0.5) is 29.7 Å². The zero-order valence-corrected chi connectivity index (χ0v) is 20.4. The van der Waals surface area contributed by atoms with E-state index >= 15 is 8.78 Å². The lowest BCUT2D eigenvalue weighted by molar-refractivity contribution is -0.130. The molecule has 1 aromatic carbocycles. The lowest BCUT2D eigenvalue weighted by atomic mass is 10.2. The molecule has 2 N–H and O–H groups in total. The number of carbonyl (C=O) groups excluding carboxylic acids is 4. The van der Waals surface area contributed by atoms with Crippen LogP contribution in [0.5, 0.6) is 0 Å². The third kappa shape index (κ3) is 6.10. The van der Waals surface area contributed by atoms with Crippen LogP contribution >= 0.6 is 0 Å². The summed E-state index contributed by atoms with van der Waals surface area (Å²) in [7, 11) is 0. The van der Waals surface area contributed by atoms with Gasteiger partial charge in [0, 0.05) is 44.4 Å². The Hall–Kier alpha value is -4.43. The van der Waals surface area contributed by atoms with Crippen LogP contribution in [0, 0.1) is 11.6 Å². The maximum absolute atomic E-state index is 15.0. The topological polar surface area (TPSA) is 147 Å². The van der Waals surface area contributed by atoms with E-state index in [9.17, 15) is 19.2 Å². The van der Waals surface area contributed by atoms with Crippen molar-refractivity contribution in [1.29, 1.82) is 0 Å². The monoisotopic (exact) mass is 536 g/mol. The van der Waals surface area contributed by atoms with Crippen LogP contribution in [-0.2, 0) is 14.3 Å². The fourth-order valence-corrected chi connectivity index (χ4v) is 4.10. The second kappa shape index (κ2) is 11.7. The number of carbonyl (C=O) groups is 4. The van der Waals surface area contributed by atoms with Gasteiger partial charge in [0.05, 0.1) is 38.1 Å². The summed E-state index contributed by atoms with van der Waals surface area (Å²) in [5.74, 6) is -2.71. The van der Waals surface area contributed by atoms with E-state index < -0.39 is 35.8 Å². The molecule has 0 bridgehead atoms. The van der Waals surface area contributed by atoms with Crippen LogP contribution in [0.25, 0.3) is 0 Å². The van der Waals surface area contributed by atoms with Crippen molar-refractivity contribution in [1.82, 2.24) is 20.7 Å². The van der Waals surface area contributed by atoms with E-state index in [2.05, 4.69) is 15.8 Å². The molecule has 15 heteroatoms. The highest BCUT2D eigenvalue weighted by molar-refractivity contribution is 5.94. The van der Waals surface area contributed by atoms with Crippen molar-refractivity contribution in [2.75, 3.05) is 62.2 Å². The average Bonchev–Trinajstić information content (AvgIpc) is 3.56. The fourth-order valence-electron chi connectivity index (χ4n) is 4.10. The highest BCUT2D eigenvalue weighted by Gasteiger charge is 2.34. The zero-order chi connectivity index (χ0) is 27.2. The van der Waals surface area contributed by atoms with Crippen LogP contribution in [0.2, 0.25) is 0 Å². The lowest BCUT2D eigenvalue weighted by Crippen LogP contribution is -2.51. The number of anilines is 2. The highest BCUT2D eigenvalue weighted by Crippen LogP contribution is 2.31. The second-order valence-electron chi connectivity index (χ2n) is 8.40. The number of nitrogens with one attached hydrogen (secondary N) is 2. The fraction of sp³-hybridized carbons (Fsp3) is 0.435. The Morgan fingerprint density at radius 2 is 1.84 bits per heavy atom. The maximum atomic E-state index is 15.0. The molecule has 4 amide bonds. The molecule has 13 nitrogen and oxygen atoms in total. The van der Waals surface area contributed by atoms with Gasteiger partial charge in [0.1, 0.15) is 11.8 Å². The van der Waals surface area contributed by atoms with Crippen LogP contribution in [-0.4, -0.2) is 92.6 Å². The van der Waals surface area contributed by atoms with E-state index in [0.29, 0.717) is 0 Å². The van der Waals surface area contributed by atoms with E-state index in [4.69, 9.17) is 14.0 Å². The molecule has 1 unspecified atom stereocenters. The standard InChI is InChI=1S/C23H26F2N6O7/c1-2-36-22(34)27-11-15-13-31(23(35)37-15)14-9-16(24)20(17(25)10-14)30-7-5-29(6-8-30)19(32)12-26-21(33)18-3-4-28-38-18/h3-4,9-10,15H,2,5-8,11-13H2,1H3,(H,26,33)(H,27,34). The number of rotatable bonds is 8. The Bertz CT molecular complexity index is 1160. The third-order valence-electron chi connectivity index (χ3n) is 5.95. The summed E-state index contributed by atoms with van der Waals surface area (Å²) >= 11 is 0. The number of amides is 4. The molecule has 1 atom stereocenters. The number of benzene rings is 1. The molecule has 2 aliphatic heterocycles. The highest BCUT2D eigenvalue weighted by atomic mass is 19.1. The van der Waals surface area contributed by atoms with Gasteiger partial charge in [-0.2, -0.15) is 0 Å². The molecule has 2 saturated heterocycles. The summed E-state index contributed by atoms with van der Waals surface area (Å²) in [5.41, 5.74) is -0.295. The molecule has 0 radical (unpaired) electrons. The van der Waals surface area contributed by atoms with Gasteiger partial charge in [0.25, 0.3) is 5.91 Å². The number of halogens is 2. The first-order valence-electron chi connectivity index (χ1n) is 11.9. The minimum Gasteiger partial charge on any atom is -0.450 e. The van der Waals surface area contributed by atoms with E-state index in [0.717, 1.165) is 17.0 Å².